The minimum Gasteiger partial charge on any atom is -0.346 e. The van der Waals surface area contributed by atoms with E-state index in [-0.39, 0.29) is 34.5 Å². The Morgan fingerprint density at radius 3 is 2.73 bits per heavy atom. The number of halogens is 1. The molecule has 3 rings (SSSR count). The van der Waals surface area contributed by atoms with E-state index in [0.29, 0.717) is 24.6 Å². The minimum absolute atomic E-state index is 0.0639. The largest absolute Gasteiger partial charge is 0.346 e. The number of benzene rings is 1. The third-order valence-electron chi connectivity index (χ3n) is 4.69. The summed E-state index contributed by atoms with van der Waals surface area (Å²) >= 11 is 1.41. The number of carbonyl (C=O) groups excluding carboxylic acids is 1. The lowest BCUT2D eigenvalue weighted by Gasteiger charge is -2.24. The van der Waals surface area contributed by atoms with Crippen LogP contribution in [0.1, 0.15) is 31.7 Å². The van der Waals surface area contributed by atoms with Crippen LogP contribution in [-0.2, 0) is 21.1 Å². The Kier molecular flexibility index (Phi) is 6.02. The molecule has 0 aliphatic carbocycles. The fourth-order valence-corrected chi connectivity index (χ4v) is 7.28. The van der Waals surface area contributed by atoms with Gasteiger partial charge in [0.1, 0.15) is 5.82 Å². The van der Waals surface area contributed by atoms with Crippen molar-refractivity contribution in [3.05, 3.63) is 35.6 Å². The first-order valence-corrected chi connectivity index (χ1v) is 11.6. The van der Waals surface area contributed by atoms with E-state index >= 15 is 0 Å². The van der Waals surface area contributed by atoms with Gasteiger partial charge in [-0.15, -0.1) is 0 Å². The lowest BCUT2D eigenvalue weighted by molar-refractivity contribution is -0.117. The molecular weight excluding hydrogens is 375 g/mol. The van der Waals surface area contributed by atoms with Crippen LogP contribution in [0.4, 0.5) is 4.39 Å². The van der Waals surface area contributed by atoms with Gasteiger partial charge in [0.25, 0.3) is 0 Å². The molecule has 2 aliphatic rings. The van der Waals surface area contributed by atoms with E-state index in [1.165, 1.54) is 23.9 Å². The number of thioether (sulfide) groups is 1. The Labute approximate surface area is 158 Å². The SMILES string of the molecule is CCCCC(=O)N=C1S[C@H]2CS(=O)(=O)C[C@@H]2N1CCc1ccc(F)cc1. The van der Waals surface area contributed by atoms with Gasteiger partial charge in [0.2, 0.25) is 5.91 Å². The Hall–Kier alpha value is -1.41. The zero-order chi connectivity index (χ0) is 18.7. The molecule has 2 atom stereocenters. The number of rotatable bonds is 6. The summed E-state index contributed by atoms with van der Waals surface area (Å²) < 4.78 is 37.0. The van der Waals surface area contributed by atoms with Crippen LogP contribution in [0.25, 0.3) is 0 Å². The molecule has 0 unspecified atom stereocenters. The summed E-state index contributed by atoms with van der Waals surface area (Å²) in [5, 5.41) is 0.573. The summed E-state index contributed by atoms with van der Waals surface area (Å²) in [6.07, 6.45) is 2.80. The smallest absolute Gasteiger partial charge is 0.248 e. The monoisotopic (exact) mass is 398 g/mol. The number of aliphatic imine (C=N–C) groups is 1. The molecule has 2 aliphatic heterocycles. The molecule has 1 amide bonds. The van der Waals surface area contributed by atoms with Gasteiger partial charge in [0.05, 0.1) is 17.5 Å². The minimum atomic E-state index is -3.05. The maximum Gasteiger partial charge on any atom is 0.248 e. The van der Waals surface area contributed by atoms with Crippen LogP contribution < -0.4 is 0 Å². The second-order valence-electron chi connectivity index (χ2n) is 6.76. The van der Waals surface area contributed by atoms with Gasteiger partial charge in [-0.05, 0) is 30.5 Å². The van der Waals surface area contributed by atoms with Crippen molar-refractivity contribution >= 4 is 32.7 Å². The predicted octanol–water partition coefficient (Wildman–Crippen LogP) is 2.66. The van der Waals surface area contributed by atoms with Crippen molar-refractivity contribution in [2.24, 2.45) is 4.99 Å². The normalized spacial score (nSPS) is 25.6. The molecule has 142 valence electrons. The standard InChI is InChI=1S/C18H23FN2O3S2/c1-2-3-4-17(22)20-18-21(10-9-13-5-7-14(19)8-6-13)15-11-26(23,24)12-16(15)25-18/h5-8,15-16H,2-4,9-12H2,1H3/t15-,16-/m0/s1. The average Bonchev–Trinajstić information content (AvgIpc) is 3.04. The highest BCUT2D eigenvalue weighted by Crippen LogP contribution is 2.38. The Balaban J connectivity index is 1.74. The van der Waals surface area contributed by atoms with Crippen molar-refractivity contribution in [2.45, 2.75) is 43.9 Å². The van der Waals surface area contributed by atoms with Gasteiger partial charge in [0.15, 0.2) is 15.0 Å². The average molecular weight is 399 g/mol. The van der Waals surface area contributed by atoms with Crippen LogP contribution >= 0.6 is 11.8 Å². The lowest BCUT2D eigenvalue weighted by atomic mass is 10.1. The number of amidine groups is 1. The molecule has 0 saturated carbocycles. The van der Waals surface area contributed by atoms with Crippen molar-refractivity contribution in [3.63, 3.8) is 0 Å². The van der Waals surface area contributed by atoms with Gasteiger partial charge in [-0.25, -0.2) is 12.8 Å². The van der Waals surface area contributed by atoms with Crippen molar-refractivity contribution in [1.29, 1.82) is 0 Å². The second kappa shape index (κ2) is 8.08. The van der Waals surface area contributed by atoms with Crippen molar-refractivity contribution < 1.29 is 17.6 Å². The molecule has 2 heterocycles. The molecule has 0 bridgehead atoms. The number of amides is 1. The first-order valence-electron chi connectivity index (χ1n) is 8.87. The van der Waals surface area contributed by atoms with E-state index in [4.69, 9.17) is 0 Å². The van der Waals surface area contributed by atoms with Crippen molar-refractivity contribution in [2.75, 3.05) is 18.1 Å². The summed E-state index contributed by atoms with van der Waals surface area (Å²) in [6, 6.07) is 6.15. The first kappa shape index (κ1) is 19.4. The third-order valence-corrected chi connectivity index (χ3v) is 7.94. The molecule has 1 aromatic carbocycles. The summed E-state index contributed by atoms with van der Waals surface area (Å²) in [4.78, 5) is 18.3. The fraction of sp³-hybridized carbons (Fsp3) is 0.556. The first-order chi connectivity index (χ1) is 12.4. The van der Waals surface area contributed by atoms with Crippen molar-refractivity contribution in [3.8, 4) is 0 Å². The van der Waals surface area contributed by atoms with Crippen LogP contribution in [0, 0.1) is 5.82 Å². The zero-order valence-electron chi connectivity index (χ0n) is 14.7. The number of sulfone groups is 1. The maximum atomic E-state index is 13.1. The fourth-order valence-electron chi connectivity index (χ4n) is 3.29. The maximum absolute atomic E-state index is 13.1. The number of hydrogen-bond acceptors (Lipinski definition) is 4. The van der Waals surface area contributed by atoms with Crippen LogP contribution in [0.2, 0.25) is 0 Å². The van der Waals surface area contributed by atoms with Crippen LogP contribution in [0.15, 0.2) is 29.3 Å². The molecule has 26 heavy (non-hydrogen) atoms. The lowest BCUT2D eigenvalue weighted by Crippen LogP contribution is -2.39. The third kappa shape index (κ3) is 4.65. The summed E-state index contributed by atoms with van der Waals surface area (Å²) in [6.45, 7) is 2.59. The van der Waals surface area contributed by atoms with Crippen LogP contribution in [0.3, 0.4) is 0 Å². The second-order valence-corrected chi connectivity index (χ2v) is 10.1. The molecule has 5 nitrogen and oxygen atoms in total. The molecule has 2 saturated heterocycles. The number of fused-ring (bicyclic) bond motifs is 1. The predicted molar refractivity (Wildman–Crippen MR) is 103 cm³/mol. The number of carbonyl (C=O) groups is 1. The topological polar surface area (TPSA) is 66.8 Å². The molecule has 0 radical (unpaired) electrons. The Morgan fingerprint density at radius 1 is 1.31 bits per heavy atom. The van der Waals surface area contributed by atoms with Gasteiger partial charge in [0, 0.05) is 18.2 Å². The van der Waals surface area contributed by atoms with E-state index in [9.17, 15) is 17.6 Å². The highest BCUT2D eigenvalue weighted by Gasteiger charge is 2.48. The van der Waals surface area contributed by atoms with E-state index in [2.05, 4.69) is 4.99 Å². The number of nitrogens with zero attached hydrogens (tertiary/aromatic N) is 2. The van der Waals surface area contributed by atoms with Crippen molar-refractivity contribution in [1.82, 2.24) is 4.90 Å². The summed E-state index contributed by atoms with van der Waals surface area (Å²) in [5.41, 5.74) is 0.970. The molecule has 0 N–H and O–H groups in total. The van der Waals surface area contributed by atoms with E-state index in [1.807, 2.05) is 11.8 Å². The number of hydrogen-bond donors (Lipinski definition) is 0. The van der Waals surface area contributed by atoms with E-state index in [0.717, 1.165) is 18.4 Å². The van der Waals surface area contributed by atoms with E-state index < -0.39 is 9.84 Å². The van der Waals surface area contributed by atoms with Gasteiger partial charge < -0.3 is 4.90 Å². The van der Waals surface area contributed by atoms with Gasteiger partial charge >= 0.3 is 0 Å². The van der Waals surface area contributed by atoms with Crippen LogP contribution in [-0.4, -0.2) is 53.7 Å². The quantitative estimate of drug-likeness (QED) is 0.737. The zero-order valence-corrected chi connectivity index (χ0v) is 16.4. The van der Waals surface area contributed by atoms with Gasteiger partial charge in [-0.3, -0.25) is 4.79 Å². The highest BCUT2D eigenvalue weighted by molar-refractivity contribution is 8.15. The molecule has 0 aromatic heterocycles. The highest BCUT2D eigenvalue weighted by atomic mass is 32.2. The summed E-state index contributed by atoms with van der Waals surface area (Å²) in [7, 11) is -3.05. The van der Waals surface area contributed by atoms with Gasteiger partial charge in [-0.2, -0.15) is 4.99 Å². The van der Waals surface area contributed by atoms with E-state index in [1.54, 1.807) is 12.1 Å². The molecule has 2 fully saturated rings. The molecular formula is C18H23FN2O3S2. The van der Waals surface area contributed by atoms with Crippen LogP contribution in [0.5, 0.6) is 0 Å². The molecule has 1 aromatic rings. The molecule has 0 spiro atoms. The Morgan fingerprint density at radius 2 is 2.04 bits per heavy atom. The summed E-state index contributed by atoms with van der Waals surface area (Å²) in [5.74, 6) is -0.187. The number of unbranched alkanes of at least 4 members (excludes halogenated alkanes) is 1. The Bertz CT molecular complexity index is 793. The van der Waals surface area contributed by atoms with Gasteiger partial charge in [-0.1, -0.05) is 37.2 Å². The molecule has 8 heteroatoms.